The first-order valence-electron chi connectivity index (χ1n) is 4.31. The van der Waals surface area contributed by atoms with Crippen LogP contribution >= 0.6 is 11.6 Å². The van der Waals surface area contributed by atoms with E-state index in [0.29, 0.717) is 5.02 Å². The lowest BCUT2D eigenvalue weighted by Crippen LogP contribution is -1.98. The third-order valence-electron chi connectivity index (χ3n) is 2.00. The molecule has 1 aromatic carbocycles. The molecular formula is C10H6ClFN2O2. The molecule has 0 unspecified atom stereocenters. The van der Waals surface area contributed by atoms with Gasteiger partial charge in [-0.05, 0) is 18.2 Å². The molecule has 0 bridgehead atoms. The van der Waals surface area contributed by atoms with Gasteiger partial charge in [-0.2, -0.15) is 0 Å². The van der Waals surface area contributed by atoms with Crippen molar-refractivity contribution in [3.05, 3.63) is 41.1 Å². The molecule has 0 saturated carbocycles. The van der Waals surface area contributed by atoms with Crippen molar-refractivity contribution >= 4 is 17.6 Å². The topological polar surface area (TPSA) is 66.0 Å². The lowest BCUT2D eigenvalue weighted by atomic mass is 10.1. The molecule has 82 valence electrons. The number of carboxylic acids is 1. The van der Waals surface area contributed by atoms with Crippen LogP contribution in [-0.2, 0) is 0 Å². The van der Waals surface area contributed by atoms with Crippen molar-refractivity contribution in [1.29, 1.82) is 0 Å². The summed E-state index contributed by atoms with van der Waals surface area (Å²) in [6.45, 7) is 0. The average Bonchev–Trinajstić information content (AvgIpc) is 2.70. The van der Waals surface area contributed by atoms with E-state index < -0.39 is 11.8 Å². The van der Waals surface area contributed by atoms with E-state index in [4.69, 9.17) is 16.7 Å². The van der Waals surface area contributed by atoms with E-state index >= 15 is 0 Å². The maximum absolute atomic E-state index is 13.4. The predicted molar refractivity (Wildman–Crippen MR) is 56.0 cm³/mol. The van der Waals surface area contributed by atoms with Crippen molar-refractivity contribution in [2.75, 3.05) is 0 Å². The second kappa shape index (κ2) is 3.94. The fourth-order valence-corrected chi connectivity index (χ4v) is 1.44. The van der Waals surface area contributed by atoms with Crippen molar-refractivity contribution in [2.24, 2.45) is 0 Å². The van der Waals surface area contributed by atoms with E-state index in [0.717, 1.165) is 0 Å². The first kappa shape index (κ1) is 10.6. The number of imidazole rings is 1. The smallest absolute Gasteiger partial charge is 0.371 e. The summed E-state index contributed by atoms with van der Waals surface area (Å²) in [5, 5.41) is 9.02. The minimum absolute atomic E-state index is 0.188. The highest BCUT2D eigenvalue weighted by molar-refractivity contribution is 6.30. The summed E-state index contributed by atoms with van der Waals surface area (Å²) in [7, 11) is 0. The van der Waals surface area contributed by atoms with Crippen LogP contribution in [0.2, 0.25) is 5.02 Å². The summed E-state index contributed by atoms with van der Waals surface area (Å²) in [5.74, 6) is -1.94. The van der Waals surface area contributed by atoms with Gasteiger partial charge in [-0.3, -0.25) is 0 Å². The number of hydrogen-bond donors (Lipinski definition) is 2. The van der Waals surface area contributed by atoms with Gasteiger partial charge in [-0.15, -0.1) is 0 Å². The Morgan fingerprint density at radius 2 is 2.25 bits per heavy atom. The Morgan fingerprint density at radius 1 is 1.50 bits per heavy atom. The van der Waals surface area contributed by atoms with Gasteiger partial charge in [0.2, 0.25) is 5.82 Å². The van der Waals surface area contributed by atoms with Crippen LogP contribution in [0, 0.1) is 5.82 Å². The number of aromatic carboxylic acids is 1. The molecule has 1 heterocycles. The molecule has 2 N–H and O–H groups in total. The lowest BCUT2D eigenvalue weighted by Gasteiger charge is -2.00. The van der Waals surface area contributed by atoms with Crippen molar-refractivity contribution in [3.8, 4) is 11.3 Å². The molecule has 2 rings (SSSR count). The zero-order valence-electron chi connectivity index (χ0n) is 7.87. The Kier molecular flexibility index (Phi) is 2.62. The third-order valence-corrected chi connectivity index (χ3v) is 2.23. The number of hydrogen-bond acceptors (Lipinski definition) is 2. The van der Waals surface area contributed by atoms with E-state index in [9.17, 15) is 9.18 Å². The van der Waals surface area contributed by atoms with Gasteiger partial charge in [0.05, 0.1) is 11.9 Å². The SMILES string of the molecule is O=C(O)c1ncc(-c2cc(Cl)ccc2F)[nH]1. The van der Waals surface area contributed by atoms with Gasteiger partial charge in [0, 0.05) is 10.6 Å². The highest BCUT2D eigenvalue weighted by atomic mass is 35.5. The van der Waals surface area contributed by atoms with E-state index in [1.165, 1.54) is 24.4 Å². The van der Waals surface area contributed by atoms with Gasteiger partial charge in [0.15, 0.2) is 0 Å². The number of halogens is 2. The zero-order valence-corrected chi connectivity index (χ0v) is 8.62. The second-order valence-corrected chi connectivity index (χ2v) is 3.51. The number of carboxylic acid groups (broad SMARTS) is 1. The van der Waals surface area contributed by atoms with Crippen LogP contribution in [0.1, 0.15) is 10.6 Å². The van der Waals surface area contributed by atoms with Crippen molar-refractivity contribution in [1.82, 2.24) is 9.97 Å². The monoisotopic (exact) mass is 240 g/mol. The molecule has 0 saturated heterocycles. The van der Waals surface area contributed by atoms with E-state index in [2.05, 4.69) is 9.97 Å². The fraction of sp³-hybridized carbons (Fsp3) is 0. The number of rotatable bonds is 2. The lowest BCUT2D eigenvalue weighted by molar-refractivity contribution is 0.0685. The summed E-state index contributed by atoms with van der Waals surface area (Å²) in [4.78, 5) is 16.7. The summed E-state index contributed by atoms with van der Waals surface area (Å²) < 4.78 is 13.4. The number of aromatic nitrogens is 2. The normalized spacial score (nSPS) is 10.4. The quantitative estimate of drug-likeness (QED) is 0.848. The Labute approximate surface area is 94.7 Å². The zero-order chi connectivity index (χ0) is 11.7. The number of carbonyl (C=O) groups is 1. The van der Waals surface area contributed by atoms with Gasteiger partial charge in [-0.1, -0.05) is 11.6 Å². The Balaban J connectivity index is 2.50. The molecule has 0 fully saturated rings. The second-order valence-electron chi connectivity index (χ2n) is 3.07. The minimum Gasteiger partial charge on any atom is -0.475 e. The van der Waals surface area contributed by atoms with Crippen LogP contribution in [0.3, 0.4) is 0 Å². The molecule has 0 amide bonds. The first-order valence-corrected chi connectivity index (χ1v) is 4.69. The number of aromatic amines is 1. The Morgan fingerprint density at radius 3 is 2.88 bits per heavy atom. The van der Waals surface area contributed by atoms with Crippen LogP contribution in [0.25, 0.3) is 11.3 Å². The van der Waals surface area contributed by atoms with Crippen LogP contribution in [0.4, 0.5) is 4.39 Å². The number of benzene rings is 1. The van der Waals surface area contributed by atoms with Crippen LogP contribution in [-0.4, -0.2) is 21.0 Å². The molecule has 0 aliphatic carbocycles. The van der Waals surface area contributed by atoms with E-state index in [1.54, 1.807) is 0 Å². The van der Waals surface area contributed by atoms with Crippen molar-refractivity contribution < 1.29 is 14.3 Å². The fourth-order valence-electron chi connectivity index (χ4n) is 1.27. The first-order chi connectivity index (χ1) is 7.58. The number of H-pyrrole nitrogens is 1. The molecule has 0 aliphatic heterocycles. The molecule has 1 aromatic heterocycles. The average molecular weight is 241 g/mol. The molecule has 0 aliphatic rings. The maximum Gasteiger partial charge on any atom is 0.371 e. The molecule has 0 spiro atoms. The Hall–Kier alpha value is -1.88. The van der Waals surface area contributed by atoms with E-state index in [1.807, 2.05) is 0 Å². The molecule has 2 aromatic rings. The van der Waals surface area contributed by atoms with Gasteiger partial charge in [0.25, 0.3) is 0 Å². The summed E-state index contributed by atoms with van der Waals surface area (Å²) in [6.07, 6.45) is 1.25. The molecule has 0 atom stereocenters. The van der Waals surface area contributed by atoms with E-state index in [-0.39, 0.29) is 17.1 Å². The minimum atomic E-state index is -1.20. The summed E-state index contributed by atoms with van der Waals surface area (Å²) in [5.41, 5.74) is 0.463. The number of nitrogens with zero attached hydrogens (tertiary/aromatic N) is 1. The largest absolute Gasteiger partial charge is 0.475 e. The summed E-state index contributed by atoms with van der Waals surface area (Å²) >= 11 is 5.72. The molecule has 6 heteroatoms. The van der Waals surface area contributed by atoms with Crippen molar-refractivity contribution in [2.45, 2.75) is 0 Å². The van der Waals surface area contributed by atoms with Gasteiger partial charge in [-0.25, -0.2) is 14.2 Å². The van der Waals surface area contributed by atoms with Gasteiger partial charge in [0.1, 0.15) is 5.82 Å². The maximum atomic E-state index is 13.4. The highest BCUT2D eigenvalue weighted by Crippen LogP contribution is 2.24. The summed E-state index contributed by atoms with van der Waals surface area (Å²) in [6, 6.07) is 4.02. The van der Waals surface area contributed by atoms with Crippen molar-refractivity contribution in [3.63, 3.8) is 0 Å². The standard InChI is InChI=1S/C10H6ClFN2O2/c11-5-1-2-7(12)6(3-5)8-4-13-9(14-8)10(15)16/h1-4H,(H,13,14)(H,15,16). The molecule has 16 heavy (non-hydrogen) atoms. The third kappa shape index (κ3) is 1.90. The Bertz CT molecular complexity index is 554. The molecule has 0 radical (unpaired) electrons. The van der Waals surface area contributed by atoms with Crippen LogP contribution in [0.5, 0.6) is 0 Å². The molecule has 4 nitrogen and oxygen atoms in total. The number of nitrogens with one attached hydrogen (secondary N) is 1. The molecular weight excluding hydrogens is 235 g/mol. The van der Waals surface area contributed by atoms with Crippen LogP contribution < -0.4 is 0 Å². The van der Waals surface area contributed by atoms with Crippen LogP contribution in [0.15, 0.2) is 24.4 Å². The van der Waals surface area contributed by atoms with Gasteiger partial charge >= 0.3 is 5.97 Å². The highest BCUT2D eigenvalue weighted by Gasteiger charge is 2.12. The predicted octanol–water partition coefficient (Wildman–Crippen LogP) is 2.57. The van der Waals surface area contributed by atoms with Gasteiger partial charge < -0.3 is 10.1 Å².